The van der Waals surface area contributed by atoms with Crippen molar-refractivity contribution in [1.82, 2.24) is 35.7 Å². The van der Waals surface area contributed by atoms with Gasteiger partial charge in [0, 0.05) is 25.6 Å². The van der Waals surface area contributed by atoms with Gasteiger partial charge < -0.3 is 10.2 Å². The number of urea groups is 1. The number of amides is 2. The maximum Gasteiger partial charge on any atom is 0.317 e. The highest BCUT2D eigenvalue weighted by atomic mass is 16.6. The molecule has 4 rings (SSSR count). The number of benzene rings is 1. The number of aromatic nitrogens is 5. The Balaban J connectivity index is 1.30. The number of fused-ring (bicyclic) bond motifs is 1. The molecule has 124 valence electrons. The normalized spacial score (nSPS) is 15.8. The number of carbonyl (C=O) groups excluding carboxylic acids is 1. The molecule has 1 fully saturated rings. The molecule has 1 aromatic carbocycles. The standard InChI is InChI=1S/C15H17N7O2/c23-15(16-8-10-1-2-12-13(7-10)21-24-20-12)22-5-3-11(4-6-22)14-17-9-18-19-14/h1-2,7,9,11H,3-6,8H2,(H,16,23)(H,17,18,19). The highest BCUT2D eigenvalue weighted by Crippen LogP contribution is 2.24. The van der Waals surface area contributed by atoms with Crippen molar-refractivity contribution in [3.63, 3.8) is 0 Å². The third kappa shape index (κ3) is 2.92. The van der Waals surface area contributed by atoms with E-state index < -0.39 is 0 Å². The van der Waals surface area contributed by atoms with Crippen LogP contribution in [0.2, 0.25) is 0 Å². The summed E-state index contributed by atoms with van der Waals surface area (Å²) < 4.78 is 4.67. The quantitative estimate of drug-likeness (QED) is 0.752. The molecule has 0 unspecified atom stereocenters. The summed E-state index contributed by atoms with van der Waals surface area (Å²) in [5.41, 5.74) is 2.36. The smallest absolute Gasteiger partial charge is 0.317 e. The van der Waals surface area contributed by atoms with Crippen LogP contribution in [0.25, 0.3) is 11.0 Å². The topological polar surface area (TPSA) is 113 Å². The first kappa shape index (κ1) is 14.6. The van der Waals surface area contributed by atoms with Crippen molar-refractivity contribution in [2.24, 2.45) is 0 Å². The largest absolute Gasteiger partial charge is 0.334 e. The van der Waals surface area contributed by atoms with Crippen molar-refractivity contribution in [2.75, 3.05) is 13.1 Å². The van der Waals surface area contributed by atoms with E-state index in [-0.39, 0.29) is 6.03 Å². The van der Waals surface area contributed by atoms with Gasteiger partial charge in [0.15, 0.2) is 0 Å². The summed E-state index contributed by atoms with van der Waals surface area (Å²) in [5, 5.41) is 17.3. The number of nitrogens with one attached hydrogen (secondary N) is 2. The van der Waals surface area contributed by atoms with Gasteiger partial charge in [-0.1, -0.05) is 6.07 Å². The lowest BCUT2D eigenvalue weighted by Crippen LogP contribution is -2.43. The van der Waals surface area contributed by atoms with Crippen LogP contribution in [0.1, 0.15) is 30.1 Å². The van der Waals surface area contributed by atoms with Gasteiger partial charge in [0.1, 0.15) is 23.2 Å². The lowest BCUT2D eigenvalue weighted by molar-refractivity contribution is 0.180. The maximum absolute atomic E-state index is 12.3. The van der Waals surface area contributed by atoms with E-state index in [9.17, 15) is 4.79 Å². The molecule has 2 amide bonds. The summed E-state index contributed by atoms with van der Waals surface area (Å²) in [6.07, 6.45) is 3.30. The fourth-order valence-electron chi connectivity index (χ4n) is 2.99. The highest BCUT2D eigenvalue weighted by Gasteiger charge is 2.25. The molecule has 0 radical (unpaired) electrons. The molecule has 9 heteroatoms. The van der Waals surface area contributed by atoms with Gasteiger partial charge in [-0.25, -0.2) is 14.4 Å². The summed E-state index contributed by atoms with van der Waals surface area (Å²) in [4.78, 5) is 18.3. The minimum Gasteiger partial charge on any atom is -0.334 e. The fraction of sp³-hybridized carbons (Fsp3) is 0.400. The molecule has 3 heterocycles. The van der Waals surface area contributed by atoms with Crippen molar-refractivity contribution in [2.45, 2.75) is 25.3 Å². The van der Waals surface area contributed by atoms with Crippen molar-refractivity contribution >= 4 is 17.1 Å². The van der Waals surface area contributed by atoms with E-state index in [2.05, 4.69) is 35.4 Å². The monoisotopic (exact) mass is 327 g/mol. The molecule has 1 aliphatic rings. The second-order valence-electron chi connectivity index (χ2n) is 5.88. The Morgan fingerprint density at radius 2 is 2.12 bits per heavy atom. The van der Waals surface area contributed by atoms with Gasteiger partial charge >= 0.3 is 6.03 Å². The van der Waals surface area contributed by atoms with Crippen LogP contribution >= 0.6 is 0 Å². The van der Waals surface area contributed by atoms with Crippen LogP contribution in [-0.4, -0.2) is 49.5 Å². The number of hydrogen-bond acceptors (Lipinski definition) is 6. The average Bonchev–Trinajstić information content (AvgIpc) is 3.31. The summed E-state index contributed by atoms with van der Waals surface area (Å²) in [6.45, 7) is 1.87. The summed E-state index contributed by atoms with van der Waals surface area (Å²) in [5.74, 6) is 1.25. The summed E-state index contributed by atoms with van der Waals surface area (Å²) in [6, 6.07) is 5.55. The average molecular weight is 327 g/mol. The molecule has 2 N–H and O–H groups in total. The van der Waals surface area contributed by atoms with Crippen LogP contribution in [0.5, 0.6) is 0 Å². The molecule has 1 saturated heterocycles. The lowest BCUT2D eigenvalue weighted by atomic mass is 9.96. The maximum atomic E-state index is 12.3. The number of likely N-dealkylation sites (tertiary alicyclic amines) is 1. The fourth-order valence-corrected chi connectivity index (χ4v) is 2.99. The number of hydrogen-bond donors (Lipinski definition) is 2. The molecule has 0 bridgehead atoms. The molecule has 9 nitrogen and oxygen atoms in total. The van der Waals surface area contributed by atoms with Crippen LogP contribution < -0.4 is 5.32 Å². The Morgan fingerprint density at radius 1 is 1.29 bits per heavy atom. The Bertz CT molecular complexity index is 821. The third-order valence-corrected chi connectivity index (χ3v) is 4.36. The van der Waals surface area contributed by atoms with Gasteiger partial charge in [-0.15, -0.1) is 0 Å². The van der Waals surface area contributed by atoms with E-state index >= 15 is 0 Å². The Labute approximate surface area is 137 Å². The Morgan fingerprint density at radius 3 is 2.92 bits per heavy atom. The third-order valence-electron chi connectivity index (χ3n) is 4.36. The minimum absolute atomic E-state index is 0.0515. The number of carbonyl (C=O) groups is 1. The van der Waals surface area contributed by atoms with Gasteiger partial charge in [-0.2, -0.15) is 5.10 Å². The van der Waals surface area contributed by atoms with E-state index in [0.717, 1.165) is 24.2 Å². The van der Waals surface area contributed by atoms with Crippen LogP contribution in [0.3, 0.4) is 0 Å². The molecule has 24 heavy (non-hydrogen) atoms. The molecule has 2 aromatic heterocycles. The molecular weight excluding hydrogens is 310 g/mol. The van der Waals surface area contributed by atoms with E-state index in [4.69, 9.17) is 0 Å². The Hall–Kier alpha value is -2.97. The van der Waals surface area contributed by atoms with E-state index in [0.29, 0.717) is 36.6 Å². The first-order chi connectivity index (χ1) is 11.8. The van der Waals surface area contributed by atoms with Crippen LogP contribution in [-0.2, 0) is 6.54 Å². The zero-order valence-electron chi connectivity index (χ0n) is 13.0. The van der Waals surface area contributed by atoms with Gasteiger partial charge in [0.2, 0.25) is 0 Å². The second kappa shape index (κ2) is 6.26. The van der Waals surface area contributed by atoms with Crippen LogP contribution in [0.15, 0.2) is 29.2 Å². The minimum atomic E-state index is -0.0515. The molecule has 0 spiro atoms. The molecule has 0 atom stereocenters. The van der Waals surface area contributed by atoms with Crippen molar-refractivity contribution in [3.8, 4) is 0 Å². The van der Waals surface area contributed by atoms with Gasteiger partial charge in [0.25, 0.3) is 0 Å². The zero-order valence-corrected chi connectivity index (χ0v) is 13.0. The van der Waals surface area contributed by atoms with Crippen LogP contribution in [0.4, 0.5) is 4.79 Å². The zero-order chi connectivity index (χ0) is 16.4. The number of piperidine rings is 1. The molecule has 3 aromatic rings. The Kier molecular flexibility index (Phi) is 3.81. The SMILES string of the molecule is O=C(NCc1ccc2nonc2c1)N1CCC(c2ncn[nH]2)CC1. The van der Waals surface area contributed by atoms with E-state index in [1.54, 1.807) is 0 Å². The predicted octanol–water partition coefficient (Wildman–Crippen LogP) is 1.43. The second-order valence-corrected chi connectivity index (χ2v) is 5.88. The van der Waals surface area contributed by atoms with Crippen molar-refractivity contribution in [3.05, 3.63) is 35.9 Å². The molecule has 1 aliphatic heterocycles. The number of nitrogens with zero attached hydrogens (tertiary/aromatic N) is 5. The van der Waals surface area contributed by atoms with E-state index in [1.807, 2.05) is 23.1 Å². The number of H-pyrrole nitrogens is 1. The van der Waals surface area contributed by atoms with Gasteiger partial charge in [-0.05, 0) is 40.9 Å². The molecule has 0 saturated carbocycles. The first-order valence-corrected chi connectivity index (χ1v) is 7.89. The van der Waals surface area contributed by atoms with E-state index in [1.165, 1.54) is 6.33 Å². The summed E-state index contributed by atoms with van der Waals surface area (Å²) in [7, 11) is 0. The first-order valence-electron chi connectivity index (χ1n) is 7.89. The lowest BCUT2D eigenvalue weighted by Gasteiger charge is -2.31. The van der Waals surface area contributed by atoms with Gasteiger partial charge in [0.05, 0.1) is 0 Å². The van der Waals surface area contributed by atoms with Gasteiger partial charge in [-0.3, -0.25) is 5.10 Å². The predicted molar refractivity (Wildman–Crippen MR) is 84.0 cm³/mol. The molecule has 0 aliphatic carbocycles. The number of rotatable bonds is 3. The van der Waals surface area contributed by atoms with Crippen LogP contribution in [0, 0.1) is 0 Å². The highest BCUT2D eigenvalue weighted by molar-refractivity contribution is 5.75. The van der Waals surface area contributed by atoms with Crippen molar-refractivity contribution < 1.29 is 9.42 Å². The molecular formula is C15H17N7O2. The van der Waals surface area contributed by atoms with Crippen molar-refractivity contribution in [1.29, 1.82) is 0 Å². The number of aromatic amines is 1. The summed E-state index contributed by atoms with van der Waals surface area (Å²) >= 11 is 0.